The van der Waals surface area contributed by atoms with E-state index in [4.69, 9.17) is 14.2 Å². The lowest BCUT2D eigenvalue weighted by Gasteiger charge is -2.10. The maximum atomic E-state index is 11.8. The van der Waals surface area contributed by atoms with Crippen molar-refractivity contribution in [2.75, 3.05) is 25.6 Å². The smallest absolute Gasteiger partial charge is 0.331 e. The number of ether oxygens (including phenoxy) is 3. The van der Waals surface area contributed by atoms with Crippen molar-refractivity contribution in [2.24, 2.45) is 0 Å². The summed E-state index contributed by atoms with van der Waals surface area (Å²) in [6, 6.07) is 15.9. The minimum atomic E-state index is -0.379. The lowest BCUT2D eigenvalue weighted by atomic mass is 10.1. The molecule has 0 saturated heterocycles. The first-order valence-electron chi connectivity index (χ1n) is 9.04. The molecule has 1 N–H and O–H groups in total. The van der Waals surface area contributed by atoms with Gasteiger partial charge in [-0.05, 0) is 49.2 Å². The van der Waals surface area contributed by atoms with E-state index in [0.29, 0.717) is 19.8 Å². The molecule has 0 aliphatic rings. The molecule has 0 bridgehead atoms. The molecule has 2 aromatic carbocycles. The van der Waals surface area contributed by atoms with Crippen molar-refractivity contribution in [3.05, 3.63) is 65.7 Å². The van der Waals surface area contributed by atoms with Gasteiger partial charge in [-0.3, -0.25) is 0 Å². The second-order valence-corrected chi connectivity index (χ2v) is 6.10. The second-order valence-electron chi connectivity index (χ2n) is 6.10. The highest BCUT2D eigenvalue weighted by Gasteiger charge is 2.05. The van der Waals surface area contributed by atoms with E-state index in [2.05, 4.69) is 5.32 Å². The number of hydrogen-bond donors (Lipinski definition) is 1. The quantitative estimate of drug-likeness (QED) is 0.500. The van der Waals surface area contributed by atoms with E-state index < -0.39 is 0 Å². The van der Waals surface area contributed by atoms with Crippen LogP contribution in [0, 0.1) is 0 Å². The Kier molecular flexibility index (Phi) is 8.39. The normalized spacial score (nSPS) is 12.0. The van der Waals surface area contributed by atoms with E-state index >= 15 is 0 Å². The molecule has 0 aliphatic carbocycles. The lowest BCUT2D eigenvalue weighted by Crippen LogP contribution is -2.18. The Balaban J connectivity index is 1.92. The Morgan fingerprint density at radius 1 is 1.19 bits per heavy atom. The molecule has 0 saturated carbocycles. The summed E-state index contributed by atoms with van der Waals surface area (Å²) in [4.78, 5) is 11.8. The third-order valence-electron chi connectivity index (χ3n) is 3.72. The second kappa shape index (κ2) is 11.0. The molecule has 0 aliphatic heterocycles. The number of rotatable bonds is 10. The molecule has 1 atom stereocenters. The van der Waals surface area contributed by atoms with Crippen LogP contribution >= 0.6 is 0 Å². The van der Waals surface area contributed by atoms with Gasteiger partial charge in [0.1, 0.15) is 11.9 Å². The summed E-state index contributed by atoms with van der Waals surface area (Å²) in [6.07, 6.45) is 2.92. The van der Waals surface area contributed by atoms with E-state index in [9.17, 15) is 4.79 Å². The fraction of sp³-hybridized carbons (Fsp3) is 0.318. The summed E-state index contributed by atoms with van der Waals surface area (Å²) in [5.41, 5.74) is 3.05. The van der Waals surface area contributed by atoms with Crippen molar-refractivity contribution in [3.63, 3.8) is 0 Å². The van der Waals surface area contributed by atoms with Gasteiger partial charge in [-0.2, -0.15) is 0 Å². The number of esters is 1. The van der Waals surface area contributed by atoms with Crippen LogP contribution in [-0.2, 0) is 20.8 Å². The van der Waals surface area contributed by atoms with Crippen LogP contribution < -0.4 is 10.1 Å². The first-order chi connectivity index (χ1) is 13.1. The van der Waals surface area contributed by atoms with Crippen LogP contribution in [0.3, 0.4) is 0 Å². The summed E-state index contributed by atoms with van der Waals surface area (Å²) < 4.78 is 15.7. The number of hydrogen-bond acceptors (Lipinski definition) is 5. The summed E-state index contributed by atoms with van der Waals surface area (Å²) >= 11 is 0. The summed E-state index contributed by atoms with van der Waals surface area (Å²) in [5, 5.41) is 3.38. The number of anilines is 1. The van der Waals surface area contributed by atoms with Crippen LogP contribution in [0.4, 0.5) is 5.69 Å². The molecular weight excluding hydrogens is 342 g/mol. The van der Waals surface area contributed by atoms with Gasteiger partial charge in [0.25, 0.3) is 0 Å². The van der Waals surface area contributed by atoms with E-state index in [-0.39, 0.29) is 12.1 Å². The van der Waals surface area contributed by atoms with Crippen LogP contribution in [0.2, 0.25) is 0 Å². The molecule has 0 fully saturated rings. The van der Waals surface area contributed by atoms with Gasteiger partial charge in [-0.25, -0.2) is 4.79 Å². The van der Waals surface area contributed by atoms with E-state index in [1.807, 2.05) is 55.5 Å². The topological polar surface area (TPSA) is 56.8 Å². The third-order valence-corrected chi connectivity index (χ3v) is 3.72. The molecule has 0 aromatic heterocycles. The zero-order valence-electron chi connectivity index (χ0n) is 16.1. The zero-order valence-corrected chi connectivity index (χ0v) is 16.1. The van der Waals surface area contributed by atoms with Gasteiger partial charge in [0.2, 0.25) is 0 Å². The van der Waals surface area contributed by atoms with Gasteiger partial charge in [-0.1, -0.05) is 24.3 Å². The average Bonchev–Trinajstić information content (AvgIpc) is 2.66. The van der Waals surface area contributed by atoms with Crippen LogP contribution in [-0.4, -0.2) is 32.4 Å². The SMILES string of the molecule is CCOc1cccc(NCc2cccc(/C=C/C(=O)OC(C)COC)c2)c1. The highest BCUT2D eigenvalue weighted by Crippen LogP contribution is 2.18. The Labute approximate surface area is 161 Å². The van der Waals surface area contributed by atoms with E-state index in [0.717, 1.165) is 22.6 Å². The first-order valence-corrected chi connectivity index (χ1v) is 9.04. The van der Waals surface area contributed by atoms with Gasteiger partial charge in [0.05, 0.1) is 13.2 Å². The minimum absolute atomic E-state index is 0.268. The molecule has 0 amide bonds. The fourth-order valence-electron chi connectivity index (χ4n) is 2.54. The van der Waals surface area contributed by atoms with Crippen molar-refractivity contribution in [3.8, 4) is 5.75 Å². The van der Waals surface area contributed by atoms with Gasteiger partial charge in [0, 0.05) is 31.5 Å². The maximum Gasteiger partial charge on any atom is 0.331 e. The predicted octanol–water partition coefficient (Wildman–Crippen LogP) is 4.29. The van der Waals surface area contributed by atoms with Crippen molar-refractivity contribution < 1.29 is 19.0 Å². The van der Waals surface area contributed by atoms with Gasteiger partial charge < -0.3 is 19.5 Å². The molecular formula is C22H27NO4. The number of methoxy groups -OCH3 is 1. The van der Waals surface area contributed by atoms with E-state index in [1.165, 1.54) is 6.08 Å². The molecule has 2 aromatic rings. The van der Waals surface area contributed by atoms with Crippen LogP contribution in [0.1, 0.15) is 25.0 Å². The van der Waals surface area contributed by atoms with Gasteiger partial charge in [0.15, 0.2) is 0 Å². The van der Waals surface area contributed by atoms with Crippen molar-refractivity contribution in [2.45, 2.75) is 26.5 Å². The number of carbonyl (C=O) groups excluding carboxylic acids is 1. The van der Waals surface area contributed by atoms with Crippen molar-refractivity contribution in [1.82, 2.24) is 0 Å². The molecule has 1 unspecified atom stereocenters. The molecule has 27 heavy (non-hydrogen) atoms. The molecule has 2 rings (SSSR count). The third kappa shape index (κ3) is 7.54. The Morgan fingerprint density at radius 2 is 2.00 bits per heavy atom. The maximum absolute atomic E-state index is 11.8. The first kappa shape index (κ1) is 20.5. The summed E-state index contributed by atoms with van der Waals surface area (Å²) in [7, 11) is 1.58. The lowest BCUT2D eigenvalue weighted by molar-refractivity contribution is -0.144. The molecule has 144 valence electrons. The van der Waals surface area contributed by atoms with E-state index in [1.54, 1.807) is 20.1 Å². The monoisotopic (exact) mass is 369 g/mol. The predicted molar refractivity (Wildman–Crippen MR) is 108 cm³/mol. The summed E-state index contributed by atoms with van der Waals surface area (Å²) in [6.45, 7) is 5.46. The van der Waals surface area contributed by atoms with Crippen LogP contribution in [0.25, 0.3) is 6.08 Å². The molecule has 0 radical (unpaired) electrons. The highest BCUT2D eigenvalue weighted by atomic mass is 16.6. The van der Waals surface area contributed by atoms with Crippen LogP contribution in [0.5, 0.6) is 5.75 Å². The molecule has 5 heteroatoms. The molecule has 0 heterocycles. The number of carbonyl (C=O) groups is 1. The zero-order chi connectivity index (χ0) is 19.5. The standard InChI is InChI=1S/C22H27NO4/c1-4-26-21-10-6-9-20(14-21)23-15-19-8-5-7-18(13-19)11-12-22(24)27-17(2)16-25-3/h5-14,17,23H,4,15-16H2,1-3H3/b12-11+. The molecule has 5 nitrogen and oxygen atoms in total. The van der Waals surface area contributed by atoms with Gasteiger partial charge >= 0.3 is 5.97 Å². The Bertz CT molecular complexity index is 757. The Hall–Kier alpha value is -2.79. The van der Waals surface area contributed by atoms with Crippen LogP contribution in [0.15, 0.2) is 54.6 Å². The average molecular weight is 369 g/mol. The number of benzene rings is 2. The molecule has 0 spiro atoms. The van der Waals surface area contributed by atoms with Crippen molar-refractivity contribution >= 4 is 17.7 Å². The minimum Gasteiger partial charge on any atom is -0.494 e. The summed E-state index contributed by atoms with van der Waals surface area (Å²) in [5.74, 6) is 0.469. The highest BCUT2D eigenvalue weighted by molar-refractivity contribution is 5.87. The van der Waals surface area contributed by atoms with Gasteiger partial charge in [-0.15, -0.1) is 0 Å². The Morgan fingerprint density at radius 3 is 2.78 bits per heavy atom. The fourth-order valence-corrected chi connectivity index (χ4v) is 2.54. The number of nitrogens with one attached hydrogen (secondary N) is 1. The van der Waals surface area contributed by atoms with Crippen molar-refractivity contribution in [1.29, 1.82) is 0 Å². The largest absolute Gasteiger partial charge is 0.494 e.